The third kappa shape index (κ3) is 3.73. The van der Waals surface area contributed by atoms with Crippen molar-refractivity contribution < 1.29 is 4.79 Å². The molecule has 1 saturated carbocycles. The fourth-order valence-corrected chi connectivity index (χ4v) is 2.88. The van der Waals surface area contributed by atoms with Gasteiger partial charge in [0.2, 0.25) is 5.91 Å². The second-order valence-electron chi connectivity index (χ2n) is 5.75. The third-order valence-corrected chi connectivity index (χ3v) is 4.44. The highest BCUT2D eigenvalue weighted by molar-refractivity contribution is 6.17. The number of hydrogen-bond donors (Lipinski definition) is 1. The Hall–Kier alpha value is -1.02. The van der Waals surface area contributed by atoms with E-state index >= 15 is 0 Å². The van der Waals surface area contributed by atoms with E-state index in [-0.39, 0.29) is 11.3 Å². The predicted molar refractivity (Wildman–Crippen MR) is 79.0 cm³/mol. The smallest absolute Gasteiger partial charge is 0.226 e. The van der Waals surface area contributed by atoms with E-state index in [1.165, 1.54) is 19.3 Å². The fraction of sp³-hybridized carbons (Fsp3) is 0.562. The Morgan fingerprint density at radius 2 is 1.74 bits per heavy atom. The minimum Gasteiger partial charge on any atom is -0.352 e. The van der Waals surface area contributed by atoms with E-state index in [9.17, 15) is 4.79 Å². The average Bonchev–Trinajstić information content (AvgIpc) is 2.46. The number of carbonyl (C=O) groups excluding carboxylic acids is 1. The zero-order valence-electron chi connectivity index (χ0n) is 11.5. The number of hydrogen-bond acceptors (Lipinski definition) is 1. The lowest BCUT2D eigenvalue weighted by molar-refractivity contribution is -0.132. The van der Waals surface area contributed by atoms with Crippen molar-refractivity contribution in [3.63, 3.8) is 0 Å². The van der Waals surface area contributed by atoms with Crippen LogP contribution in [-0.2, 0) is 17.2 Å². The summed E-state index contributed by atoms with van der Waals surface area (Å²) in [6.45, 7) is 2.70. The summed E-state index contributed by atoms with van der Waals surface area (Å²) < 4.78 is 0. The van der Waals surface area contributed by atoms with Gasteiger partial charge in [0, 0.05) is 17.8 Å². The van der Waals surface area contributed by atoms with Crippen LogP contribution in [-0.4, -0.2) is 5.91 Å². The highest BCUT2D eigenvalue weighted by Gasteiger charge is 2.34. The summed E-state index contributed by atoms with van der Waals surface area (Å²) in [6, 6.07) is 8.08. The van der Waals surface area contributed by atoms with Crippen molar-refractivity contribution in [2.45, 2.75) is 51.5 Å². The van der Waals surface area contributed by atoms with Gasteiger partial charge in [0.25, 0.3) is 0 Å². The van der Waals surface area contributed by atoms with Crippen LogP contribution in [0.2, 0.25) is 0 Å². The third-order valence-electron chi connectivity index (χ3n) is 4.14. The van der Waals surface area contributed by atoms with Crippen LogP contribution >= 0.6 is 11.6 Å². The fourth-order valence-electron chi connectivity index (χ4n) is 2.70. The van der Waals surface area contributed by atoms with Gasteiger partial charge in [-0.3, -0.25) is 4.79 Å². The summed E-state index contributed by atoms with van der Waals surface area (Å²) in [5.41, 5.74) is 2.08. The summed E-state index contributed by atoms with van der Waals surface area (Å²) in [6.07, 6.45) is 5.65. The second-order valence-corrected chi connectivity index (χ2v) is 6.02. The van der Waals surface area contributed by atoms with Crippen LogP contribution in [0.25, 0.3) is 0 Å². The van der Waals surface area contributed by atoms with Crippen molar-refractivity contribution in [1.82, 2.24) is 5.32 Å². The molecular formula is C16H22ClNO. The van der Waals surface area contributed by atoms with Crippen molar-refractivity contribution >= 4 is 17.5 Å². The van der Waals surface area contributed by atoms with E-state index in [0.29, 0.717) is 12.4 Å². The Morgan fingerprint density at radius 3 is 2.32 bits per heavy atom. The normalized spacial score (nSPS) is 18.0. The van der Waals surface area contributed by atoms with Crippen molar-refractivity contribution in [1.29, 1.82) is 0 Å². The maximum atomic E-state index is 12.3. The summed E-state index contributed by atoms with van der Waals surface area (Å²) in [5, 5.41) is 3.07. The SMILES string of the molecule is CC1(C(=O)NCc2ccc(CCl)cc2)CCCCC1. The van der Waals surface area contributed by atoms with Gasteiger partial charge in [0.05, 0.1) is 0 Å². The van der Waals surface area contributed by atoms with Crippen LogP contribution in [0, 0.1) is 5.41 Å². The summed E-state index contributed by atoms with van der Waals surface area (Å²) >= 11 is 5.76. The zero-order valence-corrected chi connectivity index (χ0v) is 12.3. The van der Waals surface area contributed by atoms with Crippen molar-refractivity contribution in [2.75, 3.05) is 0 Å². The van der Waals surface area contributed by atoms with Gasteiger partial charge in [-0.05, 0) is 24.0 Å². The standard InChI is InChI=1S/C16H22ClNO/c1-16(9-3-2-4-10-16)15(19)18-12-14-7-5-13(11-17)6-8-14/h5-8H,2-4,9-12H2,1H3,(H,18,19). The molecule has 0 unspecified atom stereocenters. The number of carbonyl (C=O) groups is 1. The molecule has 1 aliphatic carbocycles. The van der Waals surface area contributed by atoms with E-state index in [4.69, 9.17) is 11.6 Å². The number of nitrogens with one attached hydrogen (secondary N) is 1. The highest BCUT2D eigenvalue weighted by Crippen LogP contribution is 2.35. The average molecular weight is 280 g/mol. The summed E-state index contributed by atoms with van der Waals surface area (Å²) in [4.78, 5) is 12.3. The molecule has 0 aliphatic heterocycles. The summed E-state index contributed by atoms with van der Waals surface area (Å²) in [5.74, 6) is 0.735. The predicted octanol–water partition coefficient (Wildman–Crippen LogP) is 4.01. The maximum absolute atomic E-state index is 12.3. The molecule has 0 radical (unpaired) electrons. The molecule has 19 heavy (non-hydrogen) atoms. The molecule has 3 heteroatoms. The molecule has 1 fully saturated rings. The maximum Gasteiger partial charge on any atom is 0.226 e. The molecule has 1 amide bonds. The molecule has 1 aromatic rings. The second kappa shape index (κ2) is 6.42. The van der Waals surface area contributed by atoms with Gasteiger partial charge >= 0.3 is 0 Å². The molecule has 0 aromatic heterocycles. The molecule has 2 rings (SSSR count). The molecule has 2 nitrogen and oxygen atoms in total. The first-order valence-corrected chi connectivity index (χ1v) is 7.60. The van der Waals surface area contributed by atoms with Crippen molar-refractivity contribution in [2.24, 2.45) is 5.41 Å². The quantitative estimate of drug-likeness (QED) is 0.829. The number of alkyl halides is 1. The van der Waals surface area contributed by atoms with Gasteiger partial charge < -0.3 is 5.32 Å². The van der Waals surface area contributed by atoms with Gasteiger partial charge in [-0.15, -0.1) is 11.6 Å². The van der Waals surface area contributed by atoms with Crippen LogP contribution in [0.3, 0.4) is 0 Å². The number of rotatable bonds is 4. The van der Waals surface area contributed by atoms with E-state index in [0.717, 1.165) is 24.0 Å². The molecule has 0 atom stereocenters. The molecule has 0 bridgehead atoms. The van der Waals surface area contributed by atoms with E-state index in [1.54, 1.807) is 0 Å². The van der Waals surface area contributed by atoms with Crippen LogP contribution in [0.5, 0.6) is 0 Å². The number of amides is 1. The molecule has 0 saturated heterocycles. The largest absolute Gasteiger partial charge is 0.352 e. The van der Waals surface area contributed by atoms with Crippen LogP contribution < -0.4 is 5.32 Å². The van der Waals surface area contributed by atoms with E-state index in [2.05, 4.69) is 12.2 Å². The van der Waals surface area contributed by atoms with Crippen LogP contribution in [0.4, 0.5) is 0 Å². The van der Waals surface area contributed by atoms with Gasteiger partial charge in [0.15, 0.2) is 0 Å². The molecule has 0 heterocycles. The van der Waals surface area contributed by atoms with Crippen molar-refractivity contribution in [3.8, 4) is 0 Å². The van der Waals surface area contributed by atoms with E-state index in [1.807, 2.05) is 24.3 Å². The Morgan fingerprint density at radius 1 is 1.16 bits per heavy atom. The number of benzene rings is 1. The molecule has 1 aromatic carbocycles. The Bertz CT molecular complexity index is 421. The van der Waals surface area contributed by atoms with Gasteiger partial charge in [-0.25, -0.2) is 0 Å². The summed E-state index contributed by atoms with van der Waals surface area (Å²) in [7, 11) is 0. The first-order chi connectivity index (χ1) is 9.14. The van der Waals surface area contributed by atoms with Crippen molar-refractivity contribution in [3.05, 3.63) is 35.4 Å². The minimum absolute atomic E-state index is 0.158. The lowest BCUT2D eigenvalue weighted by atomic mass is 9.75. The zero-order chi connectivity index (χ0) is 13.7. The number of halogens is 1. The Kier molecular flexibility index (Phi) is 4.87. The Balaban J connectivity index is 1.88. The molecule has 1 aliphatic rings. The first-order valence-electron chi connectivity index (χ1n) is 7.06. The van der Waals surface area contributed by atoms with E-state index < -0.39 is 0 Å². The van der Waals surface area contributed by atoms with Crippen LogP contribution in [0.1, 0.15) is 50.2 Å². The molecule has 1 N–H and O–H groups in total. The molecular weight excluding hydrogens is 258 g/mol. The Labute approximate surface area is 120 Å². The molecule has 104 valence electrons. The first kappa shape index (κ1) is 14.4. The van der Waals surface area contributed by atoms with Gasteiger partial charge in [0.1, 0.15) is 0 Å². The topological polar surface area (TPSA) is 29.1 Å². The minimum atomic E-state index is -0.158. The van der Waals surface area contributed by atoms with Gasteiger partial charge in [-0.2, -0.15) is 0 Å². The van der Waals surface area contributed by atoms with Gasteiger partial charge in [-0.1, -0.05) is 50.5 Å². The monoisotopic (exact) mass is 279 g/mol. The highest BCUT2D eigenvalue weighted by atomic mass is 35.5. The lowest BCUT2D eigenvalue weighted by Crippen LogP contribution is -2.39. The van der Waals surface area contributed by atoms with Crippen LogP contribution in [0.15, 0.2) is 24.3 Å². The lowest BCUT2D eigenvalue weighted by Gasteiger charge is -2.32. The molecule has 0 spiro atoms.